The summed E-state index contributed by atoms with van der Waals surface area (Å²) in [6, 6.07) is 49.9. The first-order valence-corrected chi connectivity index (χ1v) is 17.9. The fourth-order valence-corrected chi connectivity index (χ4v) is 8.21. The molecular formula is C36H35N5O5P2. The van der Waals surface area contributed by atoms with Gasteiger partial charge in [0.15, 0.2) is 0 Å². The van der Waals surface area contributed by atoms with E-state index in [9.17, 15) is 14.2 Å². The first-order valence-electron chi connectivity index (χ1n) is 14.9. The molecule has 5 aromatic rings. The molecule has 0 bridgehead atoms. The molecule has 0 heterocycles. The smallest absolute Gasteiger partial charge is 0.447 e. The van der Waals surface area contributed by atoms with Gasteiger partial charge in [-0.3, -0.25) is 0 Å². The van der Waals surface area contributed by atoms with E-state index in [4.69, 9.17) is 5.53 Å². The number of nitrogens with zero attached hydrogens (tertiary/aromatic N) is 5. The molecule has 0 unspecified atom stereocenters. The van der Waals surface area contributed by atoms with Gasteiger partial charge in [0.2, 0.25) is 7.29 Å². The van der Waals surface area contributed by atoms with Gasteiger partial charge in [0, 0.05) is 15.5 Å². The van der Waals surface area contributed by atoms with Gasteiger partial charge in [0.1, 0.15) is 0 Å². The van der Waals surface area contributed by atoms with Crippen molar-refractivity contribution in [3.8, 4) is 0 Å². The number of ether oxygens (including phenoxy) is 2. The molecule has 0 aliphatic heterocycles. The van der Waals surface area contributed by atoms with Gasteiger partial charge in [0.05, 0.1) is 13.2 Å². The fourth-order valence-electron chi connectivity index (χ4n) is 4.13. The highest BCUT2D eigenvalue weighted by Crippen LogP contribution is 2.44. The molecule has 0 aliphatic carbocycles. The third kappa shape index (κ3) is 11.8. The standard InChI is InChI=1S/C18H15P.C12H10N3OP.C6H10N2O4/c1-4-10-16(11-5-1)19(17-12-6-2-7-13-17)18-14-8-3-9-15-18;13-14-15-17(16,11-7-3-1-4-8-11)12-9-5-2-6-10-12;1-3-11-5(9)7-8-6(10)12-4-2/h1-15H;1-10H;3-4H2,1-2H3. The Balaban J connectivity index is 0.000000201. The minimum absolute atomic E-state index is 0.195. The van der Waals surface area contributed by atoms with Crippen LogP contribution < -0.4 is 26.5 Å². The largest absolute Gasteiger partial charge is 0.452 e. The Morgan fingerprint density at radius 2 is 0.875 bits per heavy atom. The monoisotopic (exact) mass is 679 g/mol. The van der Waals surface area contributed by atoms with E-state index in [1.54, 1.807) is 62.4 Å². The number of carbonyl (C=O) groups excluding carboxylic acids is 2. The van der Waals surface area contributed by atoms with Crippen LogP contribution in [-0.2, 0) is 14.0 Å². The molecule has 244 valence electrons. The summed E-state index contributed by atoms with van der Waals surface area (Å²) in [6.07, 6.45) is -1.80. The second-order valence-electron chi connectivity index (χ2n) is 9.37. The Bertz CT molecular complexity index is 1650. The Hall–Kier alpha value is -5.39. The Kier molecular flexibility index (Phi) is 16.0. The van der Waals surface area contributed by atoms with Crippen molar-refractivity contribution in [2.75, 3.05) is 13.2 Å². The van der Waals surface area contributed by atoms with Gasteiger partial charge in [-0.05, 0) is 48.1 Å². The van der Waals surface area contributed by atoms with E-state index in [0.29, 0.717) is 10.6 Å². The van der Waals surface area contributed by atoms with E-state index in [1.165, 1.54) is 15.9 Å². The van der Waals surface area contributed by atoms with Crippen LogP contribution in [0.2, 0.25) is 0 Å². The van der Waals surface area contributed by atoms with E-state index in [0.717, 1.165) is 0 Å². The minimum Gasteiger partial charge on any atom is -0.447 e. The number of amides is 2. The lowest BCUT2D eigenvalue weighted by atomic mass is 10.4. The molecule has 0 saturated carbocycles. The molecule has 0 atom stereocenters. The van der Waals surface area contributed by atoms with Crippen LogP contribution in [0.3, 0.4) is 0 Å². The van der Waals surface area contributed by atoms with E-state index < -0.39 is 27.4 Å². The second kappa shape index (κ2) is 20.7. The van der Waals surface area contributed by atoms with E-state index in [1.807, 2.05) is 12.1 Å². The summed E-state index contributed by atoms with van der Waals surface area (Å²) in [5.41, 5.74) is 8.61. The van der Waals surface area contributed by atoms with Gasteiger partial charge in [-0.25, -0.2) is 9.59 Å². The highest BCUT2D eigenvalue weighted by molar-refractivity contribution is 7.79. The third-order valence-corrected chi connectivity index (χ3v) is 10.9. The average molecular weight is 680 g/mol. The summed E-state index contributed by atoms with van der Waals surface area (Å²) in [5.74, 6) is 0. The van der Waals surface area contributed by atoms with Gasteiger partial charge < -0.3 is 14.0 Å². The van der Waals surface area contributed by atoms with Crippen LogP contribution >= 0.6 is 15.2 Å². The van der Waals surface area contributed by atoms with Gasteiger partial charge in [0.25, 0.3) is 0 Å². The van der Waals surface area contributed by atoms with Crippen molar-refractivity contribution in [2.45, 2.75) is 13.8 Å². The van der Waals surface area contributed by atoms with Crippen LogP contribution in [0.25, 0.3) is 10.4 Å². The maximum absolute atomic E-state index is 12.8. The molecule has 2 amide bonds. The maximum Gasteiger partial charge on any atom is 0.452 e. The minimum atomic E-state index is -3.22. The first kappa shape index (κ1) is 37.1. The fraction of sp³-hybridized carbons (Fsp3) is 0.111. The van der Waals surface area contributed by atoms with Crippen LogP contribution in [0, 0.1) is 0 Å². The number of benzene rings is 5. The predicted octanol–water partition coefficient (Wildman–Crippen LogP) is 8.42. The first-order chi connectivity index (χ1) is 23.4. The number of hydrogen-bond donors (Lipinski definition) is 0. The lowest BCUT2D eigenvalue weighted by molar-refractivity contribution is 0.152. The van der Waals surface area contributed by atoms with Crippen molar-refractivity contribution >= 4 is 53.9 Å². The zero-order valence-electron chi connectivity index (χ0n) is 26.5. The summed E-state index contributed by atoms with van der Waals surface area (Å²) >= 11 is 0. The lowest BCUT2D eigenvalue weighted by Crippen LogP contribution is -2.20. The van der Waals surface area contributed by atoms with E-state index in [-0.39, 0.29) is 13.2 Å². The molecule has 0 spiro atoms. The molecule has 5 rings (SSSR count). The van der Waals surface area contributed by atoms with E-state index >= 15 is 0 Å². The molecule has 0 fully saturated rings. The normalized spacial score (nSPS) is 10.4. The molecule has 5 aromatic carbocycles. The number of azo groups is 1. The second-order valence-corrected chi connectivity index (χ2v) is 13.9. The van der Waals surface area contributed by atoms with Crippen LogP contribution in [0.1, 0.15) is 13.8 Å². The van der Waals surface area contributed by atoms with Gasteiger partial charge >= 0.3 is 12.2 Å². The summed E-state index contributed by atoms with van der Waals surface area (Å²) in [7, 11) is -3.66. The van der Waals surface area contributed by atoms with Crippen molar-refractivity contribution in [1.82, 2.24) is 0 Å². The topological polar surface area (TPSA) is 143 Å². The Morgan fingerprint density at radius 3 is 1.15 bits per heavy atom. The molecule has 48 heavy (non-hydrogen) atoms. The van der Waals surface area contributed by atoms with Crippen molar-refractivity contribution in [3.63, 3.8) is 0 Å². The zero-order valence-corrected chi connectivity index (χ0v) is 28.3. The van der Waals surface area contributed by atoms with Crippen LogP contribution in [0.5, 0.6) is 0 Å². The van der Waals surface area contributed by atoms with Crippen molar-refractivity contribution < 1.29 is 23.6 Å². The van der Waals surface area contributed by atoms with Crippen molar-refractivity contribution in [2.24, 2.45) is 15.1 Å². The predicted molar refractivity (Wildman–Crippen MR) is 193 cm³/mol. The number of rotatable bonds is 8. The molecule has 0 radical (unpaired) electrons. The number of azide groups is 1. The third-order valence-electron chi connectivity index (χ3n) is 6.17. The zero-order chi connectivity index (χ0) is 34.5. The Morgan fingerprint density at radius 1 is 0.583 bits per heavy atom. The van der Waals surface area contributed by atoms with Crippen LogP contribution in [0.4, 0.5) is 9.59 Å². The SMILES string of the molecule is CCOC(=O)N=NC(=O)OCC.[N-]=[N+]=NP(=O)(c1ccccc1)c1ccccc1.c1ccc(P(c2ccccc2)c2ccccc2)cc1. The Labute approximate surface area is 281 Å². The van der Waals surface area contributed by atoms with E-state index in [2.05, 4.69) is 120 Å². The average Bonchev–Trinajstić information content (AvgIpc) is 3.14. The molecule has 0 saturated heterocycles. The summed E-state index contributed by atoms with van der Waals surface area (Å²) in [5, 5.41) is 11.1. The molecule has 0 aliphatic rings. The summed E-state index contributed by atoms with van der Waals surface area (Å²) in [4.78, 5) is 27.2. The lowest BCUT2D eigenvalue weighted by Gasteiger charge is -2.18. The number of hydrogen-bond acceptors (Lipinski definition) is 5. The quantitative estimate of drug-likeness (QED) is 0.0700. The highest BCUT2D eigenvalue weighted by Gasteiger charge is 2.25. The molecular weight excluding hydrogens is 644 g/mol. The van der Waals surface area contributed by atoms with Gasteiger partial charge in [-0.2, -0.15) is 0 Å². The van der Waals surface area contributed by atoms with Crippen molar-refractivity contribution in [3.05, 3.63) is 162 Å². The van der Waals surface area contributed by atoms with Gasteiger partial charge in [-0.1, -0.05) is 162 Å². The highest BCUT2D eigenvalue weighted by atomic mass is 31.2. The number of carbonyl (C=O) groups is 2. The molecule has 0 N–H and O–H groups in total. The van der Waals surface area contributed by atoms with Crippen LogP contribution in [-0.4, -0.2) is 25.4 Å². The summed E-state index contributed by atoms with van der Waals surface area (Å²) in [6.45, 7) is 3.64. The molecule has 12 heteroatoms. The van der Waals surface area contributed by atoms with Crippen molar-refractivity contribution in [1.29, 1.82) is 0 Å². The maximum atomic E-state index is 12.8. The molecule has 0 aromatic heterocycles. The van der Waals surface area contributed by atoms with Crippen LogP contribution in [0.15, 0.2) is 167 Å². The van der Waals surface area contributed by atoms with Gasteiger partial charge in [-0.15, -0.1) is 0 Å². The molecule has 10 nitrogen and oxygen atoms in total. The summed E-state index contributed by atoms with van der Waals surface area (Å²) < 4.78 is 21.5.